The molecule has 160 valence electrons. The zero-order valence-corrected chi connectivity index (χ0v) is 18.3. The van der Waals surface area contributed by atoms with E-state index in [1.807, 2.05) is 29.6 Å². The first-order valence-electron chi connectivity index (χ1n) is 10.3. The predicted molar refractivity (Wildman–Crippen MR) is 120 cm³/mol. The summed E-state index contributed by atoms with van der Waals surface area (Å²) in [7, 11) is 0. The van der Waals surface area contributed by atoms with Crippen molar-refractivity contribution in [2.45, 2.75) is 30.7 Å². The van der Waals surface area contributed by atoms with Gasteiger partial charge in [-0.15, -0.1) is 11.3 Å². The Labute approximate surface area is 188 Å². The molecule has 1 atom stereocenters. The van der Waals surface area contributed by atoms with Crippen LogP contribution in [0.15, 0.2) is 53.9 Å². The molecule has 1 saturated heterocycles. The molecule has 0 aliphatic carbocycles. The SMILES string of the molecule is O=C(c1c(F)cccc1F)N1c2ccc(Cl)cc2C2(CCNCC2)[C@H]1Cc1cccs1. The standard InChI is InChI=1S/C24H21ClF2N2OS/c25-15-6-7-20-17(13-15)24(8-10-28-11-9-24)21(14-16-3-2-12-31-16)29(20)23(30)22-18(26)4-1-5-19(22)27/h1-7,12-13,21,28H,8-11,14H2/t21-/m1/s1. The van der Waals surface area contributed by atoms with Crippen molar-refractivity contribution < 1.29 is 13.6 Å². The van der Waals surface area contributed by atoms with E-state index in [2.05, 4.69) is 5.32 Å². The lowest BCUT2D eigenvalue weighted by molar-refractivity contribution is 0.0956. The van der Waals surface area contributed by atoms with E-state index in [1.54, 1.807) is 22.3 Å². The number of hydrogen-bond acceptors (Lipinski definition) is 3. The minimum absolute atomic E-state index is 0.256. The molecule has 2 aromatic carbocycles. The van der Waals surface area contributed by atoms with E-state index in [0.29, 0.717) is 17.1 Å². The van der Waals surface area contributed by atoms with E-state index in [0.717, 1.165) is 48.5 Å². The number of nitrogens with zero attached hydrogens (tertiary/aromatic N) is 1. The van der Waals surface area contributed by atoms with Crippen molar-refractivity contribution >= 4 is 34.5 Å². The molecule has 0 unspecified atom stereocenters. The van der Waals surface area contributed by atoms with Crippen LogP contribution in [0.2, 0.25) is 5.02 Å². The van der Waals surface area contributed by atoms with Crippen molar-refractivity contribution in [1.29, 1.82) is 0 Å². The number of benzene rings is 2. The van der Waals surface area contributed by atoms with Crippen LogP contribution in [0.5, 0.6) is 0 Å². The summed E-state index contributed by atoms with van der Waals surface area (Å²) < 4.78 is 29.2. The van der Waals surface area contributed by atoms with Crippen LogP contribution >= 0.6 is 22.9 Å². The largest absolute Gasteiger partial charge is 0.317 e. The van der Waals surface area contributed by atoms with Gasteiger partial charge in [-0.25, -0.2) is 8.78 Å². The molecule has 7 heteroatoms. The second-order valence-electron chi connectivity index (χ2n) is 8.14. The molecule has 31 heavy (non-hydrogen) atoms. The number of nitrogens with one attached hydrogen (secondary N) is 1. The molecule has 2 aliphatic heterocycles. The molecule has 1 amide bonds. The molecule has 0 saturated carbocycles. The number of hydrogen-bond donors (Lipinski definition) is 1. The minimum Gasteiger partial charge on any atom is -0.317 e. The number of halogens is 3. The molecular formula is C24H21ClF2N2OS. The van der Waals surface area contributed by atoms with Gasteiger partial charge in [0, 0.05) is 27.4 Å². The van der Waals surface area contributed by atoms with Gasteiger partial charge in [-0.1, -0.05) is 23.7 Å². The van der Waals surface area contributed by atoms with Gasteiger partial charge < -0.3 is 10.2 Å². The molecule has 0 radical (unpaired) electrons. The molecule has 3 aromatic rings. The van der Waals surface area contributed by atoms with Gasteiger partial charge in [0.2, 0.25) is 0 Å². The summed E-state index contributed by atoms with van der Waals surface area (Å²) in [5.41, 5.74) is 0.853. The van der Waals surface area contributed by atoms with Crippen molar-refractivity contribution in [1.82, 2.24) is 5.32 Å². The van der Waals surface area contributed by atoms with Crippen molar-refractivity contribution in [2.24, 2.45) is 0 Å². The van der Waals surface area contributed by atoms with Gasteiger partial charge >= 0.3 is 0 Å². The molecule has 1 aromatic heterocycles. The average Bonchev–Trinajstić information content (AvgIpc) is 3.35. The highest BCUT2D eigenvalue weighted by Gasteiger charge is 2.53. The lowest BCUT2D eigenvalue weighted by Gasteiger charge is -2.41. The fourth-order valence-electron chi connectivity index (χ4n) is 5.17. The second-order valence-corrected chi connectivity index (χ2v) is 9.61. The maximum Gasteiger partial charge on any atom is 0.264 e. The summed E-state index contributed by atoms with van der Waals surface area (Å²) in [6, 6.07) is 12.8. The molecule has 2 aliphatic rings. The maximum absolute atomic E-state index is 14.6. The van der Waals surface area contributed by atoms with Crippen LogP contribution in [0.3, 0.4) is 0 Å². The number of piperidine rings is 1. The van der Waals surface area contributed by atoms with Gasteiger partial charge in [-0.2, -0.15) is 0 Å². The summed E-state index contributed by atoms with van der Waals surface area (Å²) in [4.78, 5) is 16.5. The lowest BCUT2D eigenvalue weighted by atomic mass is 9.69. The summed E-state index contributed by atoms with van der Waals surface area (Å²) in [6.45, 7) is 1.62. The number of amides is 1. The van der Waals surface area contributed by atoms with Crippen LogP contribution in [-0.2, 0) is 11.8 Å². The Hall–Kier alpha value is -2.28. The first-order valence-corrected chi connectivity index (χ1v) is 11.6. The second kappa shape index (κ2) is 8.01. The van der Waals surface area contributed by atoms with E-state index < -0.39 is 23.1 Å². The third kappa shape index (κ3) is 3.37. The summed E-state index contributed by atoms with van der Waals surface area (Å²) >= 11 is 8.00. The summed E-state index contributed by atoms with van der Waals surface area (Å²) in [6.07, 6.45) is 2.26. The van der Waals surface area contributed by atoms with E-state index in [4.69, 9.17) is 11.6 Å². The number of fused-ring (bicyclic) bond motifs is 2. The maximum atomic E-state index is 14.6. The van der Waals surface area contributed by atoms with E-state index in [-0.39, 0.29) is 11.5 Å². The fraction of sp³-hybridized carbons (Fsp3) is 0.292. The topological polar surface area (TPSA) is 32.3 Å². The highest BCUT2D eigenvalue weighted by atomic mass is 35.5. The van der Waals surface area contributed by atoms with Gasteiger partial charge in [0.25, 0.3) is 5.91 Å². The van der Waals surface area contributed by atoms with Crippen molar-refractivity contribution in [3.05, 3.63) is 86.6 Å². The Morgan fingerprint density at radius 1 is 1.13 bits per heavy atom. The van der Waals surface area contributed by atoms with E-state index >= 15 is 0 Å². The zero-order chi connectivity index (χ0) is 21.6. The van der Waals surface area contributed by atoms with Gasteiger partial charge in [0.15, 0.2) is 0 Å². The van der Waals surface area contributed by atoms with Gasteiger partial charge in [0.1, 0.15) is 17.2 Å². The van der Waals surface area contributed by atoms with Crippen LogP contribution in [0.4, 0.5) is 14.5 Å². The van der Waals surface area contributed by atoms with Crippen molar-refractivity contribution in [3.8, 4) is 0 Å². The number of anilines is 1. The van der Waals surface area contributed by atoms with Crippen molar-refractivity contribution in [2.75, 3.05) is 18.0 Å². The third-order valence-corrected chi connectivity index (χ3v) is 7.70. The molecule has 3 nitrogen and oxygen atoms in total. The number of rotatable bonds is 3. The third-order valence-electron chi connectivity index (χ3n) is 6.57. The molecule has 1 spiro atoms. The molecule has 1 fully saturated rings. The van der Waals surface area contributed by atoms with E-state index in [9.17, 15) is 13.6 Å². The van der Waals surface area contributed by atoms with Crippen LogP contribution in [-0.4, -0.2) is 25.0 Å². The first kappa shape index (κ1) is 20.6. The Bertz CT molecular complexity index is 1110. The quantitative estimate of drug-likeness (QED) is 0.556. The number of thiophene rings is 1. The predicted octanol–water partition coefficient (Wildman–Crippen LogP) is 5.57. The molecule has 3 heterocycles. The highest BCUT2D eigenvalue weighted by Crippen LogP contribution is 2.52. The number of carbonyl (C=O) groups is 1. The Morgan fingerprint density at radius 3 is 2.55 bits per heavy atom. The van der Waals surface area contributed by atoms with Crippen LogP contribution in [0.25, 0.3) is 0 Å². The van der Waals surface area contributed by atoms with Crippen LogP contribution in [0.1, 0.15) is 33.6 Å². The number of carbonyl (C=O) groups excluding carboxylic acids is 1. The molecular weight excluding hydrogens is 438 g/mol. The normalized spacial score (nSPS) is 19.6. The van der Waals surface area contributed by atoms with Gasteiger partial charge in [0.05, 0.1) is 6.04 Å². The Morgan fingerprint density at radius 2 is 1.87 bits per heavy atom. The smallest absolute Gasteiger partial charge is 0.264 e. The van der Waals surface area contributed by atoms with Gasteiger partial charge in [-0.05, 0) is 73.3 Å². The lowest BCUT2D eigenvalue weighted by Crippen LogP contribution is -2.53. The molecule has 0 bridgehead atoms. The monoisotopic (exact) mass is 458 g/mol. The average molecular weight is 459 g/mol. The Kier molecular flexibility index (Phi) is 5.32. The van der Waals surface area contributed by atoms with Crippen LogP contribution < -0.4 is 10.2 Å². The molecule has 5 rings (SSSR count). The fourth-order valence-corrected chi connectivity index (χ4v) is 6.08. The first-order chi connectivity index (χ1) is 15.0. The van der Waals surface area contributed by atoms with E-state index in [1.165, 1.54) is 6.07 Å². The summed E-state index contributed by atoms with van der Waals surface area (Å²) in [5, 5.41) is 6.00. The minimum atomic E-state index is -0.846. The molecule has 1 N–H and O–H groups in total. The summed E-state index contributed by atoms with van der Waals surface area (Å²) in [5.74, 6) is -2.33. The van der Waals surface area contributed by atoms with Crippen molar-refractivity contribution in [3.63, 3.8) is 0 Å². The highest BCUT2D eigenvalue weighted by molar-refractivity contribution is 7.09. The Balaban J connectivity index is 1.70. The zero-order valence-electron chi connectivity index (χ0n) is 16.7. The van der Waals surface area contributed by atoms with Gasteiger partial charge in [-0.3, -0.25) is 4.79 Å². The van der Waals surface area contributed by atoms with Crippen LogP contribution in [0, 0.1) is 11.6 Å².